The maximum Gasteiger partial charge on any atom is 0.324 e. The average molecular weight is 572 g/mol. The molecule has 218 valence electrons. The summed E-state index contributed by atoms with van der Waals surface area (Å²) in [4.78, 5) is 20.2. The van der Waals surface area contributed by atoms with Gasteiger partial charge in [-0.25, -0.2) is 18.0 Å². The molecule has 0 radical (unpaired) electrons. The fourth-order valence-corrected chi connectivity index (χ4v) is 5.56. The van der Waals surface area contributed by atoms with Gasteiger partial charge < -0.3 is 29.1 Å². The van der Waals surface area contributed by atoms with E-state index >= 15 is 8.78 Å². The first-order valence-electron chi connectivity index (χ1n) is 13.9. The van der Waals surface area contributed by atoms with Gasteiger partial charge in [-0.05, 0) is 35.4 Å². The normalized spacial score (nSPS) is 19.7. The molecule has 3 aliphatic heterocycles. The number of rotatable bonds is 4. The van der Waals surface area contributed by atoms with Gasteiger partial charge >= 0.3 is 12.0 Å². The number of ether oxygens (including phenoxy) is 2. The van der Waals surface area contributed by atoms with Gasteiger partial charge in [0.2, 0.25) is 0 Å². The first-order valence-corrected chi connectivity index (χ1v) is 13.9. The van der Waals surface area contributed by atoms with E-state index in [2.05, 4.69) is 15.5 Å². The second-order valence-corrected chi connectivity index (χ2v) is 11.1. The minimum absolute atomic E-state index is 0.0484. The predicted molar refractivity (Wildman–Crippen MR) is 145 cm³/mol. The average Bonchev–Trinajstić information content (AvgIpc) is 3.46. The van der Waals surface area contributed by atoms with E-state index in [1.54, 1.807) is 29.2 Å². The van der Waals surface area contributed by atoms with E-state index < -0.39 is 29.8 Å². The van der Waals surface area contributed by atoms with Crippen LogP contribution < -0.4 is 15.0 Å². The molecule has 2 fully saturated rings. The van der Waals surface area contributed by atoms with Crippen molar-refractivity contribution >= 4 is 17.7 Å². The van der Waals surface area contributed by atoms with Gasteiger partial charge in [-0.2, -0.15) is 4.98 Å². The molecule has 0 saturated carbocycles. The molecule has 9 nitrogen and oxygen atoms in total. The molecule has 0 aliphatic carbocycles. The second-order valence-electron chi connectivity index (χ2n) is 11.1. The standard InChI is InChI=1S/C29H32F3N5O4/c1-18(2)25-34-27(41-35-25)37-9-7-28(8-10-37)29(31,32)17-21-15-19(4-6-24(21)40-28)20-3-5-23(22(30)16-20)33-26(38)36-11-13-39-14-12-36/h3-6,15-16,18H,7-14,17H2,1-2H3,(H,33,38). The molecule has 3 aromatic rings. The number of benzene rings is 2. The largest absolute Gasteiger partial charge is 0.481 e. The highest BCUT2D eigenvalue weighted by Gasteiger charge is 2.59. The number of aromatic nitrogens is 2. The summed E-state index contributed by atoms with van der Waals surface area (Å²) in [5.41, 5.74) is -0.134. The zero-order valence-corrected chi connectivity index (χ0v) is 23.0. The number of amides is 2. The van der Waals surface area contributed by atoms with Gasteiger partial charge in [-0.15, -0.1) is 0 Å². The number of carbonyl (C=O) groups is 1. The highest BCUT2D eigenvalue weighted by Crippen LogP contribution is 2.49. The smallest absolute Gasteiger partial charge is 0.324 e. The Bertz CT molecular complexity index is 1430. The van der Waals surface area contributed by atoms with Crippen molar-refractivity contribution in [1.82, 2.24) is 15.0 Å². The quantitative estimate of drug-likeness (QED) is 0.444. The number of carbonyl (C=O) groups excluding carboxylic acids is 1. The molecular formula is C29H32F3N5O4. The number of hydrogen-bond donors (Lipinski definition) is 1. The maximum absolute atomic E-state index is 15.7. The lowest BCUT2D eigenvalue weighted by atomic mass is 9.79. The number of anilines is 2. The zero-order chi connectivity index (χ0) is 28.8. The van der Waals surface area contributed by atoms with Gasteiger partial charge in [0.25, 0.3) is 5.92 Å². The van der Waals surface area contributed by atoms with Crippen molar-refractivity contribution in [1.29, 1.82) is 0 Å². The van der Waals surface area contributed by atoms with E-state index in [9.17, 15) is 9.18 Å². The van der Waals surface area contributed by atoms with Crippen molar-refractivity contribution in [2.45, 2.75) is 50.6 Å². The maximum atomic E-state index is 15.7. The van der Waals surface area contributed by atoms with Crippen molar-refractivity contribution in [3.05, 3.63) is 53.6 Å². The molecule has 0 atom stereocenters. The summed E-state index contributed by atoms with van der Waals surface area (Å²) in [6.45, 7) is 6.27. The van der Waals surface area contributed by atoms with Crippen LogP contribution in [0.15, 0.2) is 40.9 Å². The van der Waals surface area contributed by atoms with Crippen LogP contribution in [0, 0.1) is 5.82 Å². The van der Waals surface area contributed by atoms with E-state index in [-0.39, 0.29) is 24.4 Å². The van der Waals surface area contributed by atoms with E-state index in [0.717, 1.165) is 0 Å². The van der Waals surface area contributed by atoms with Gasteiger partial charge in [0.05, 0.1) is 18.9 Å². The van der Waals surface area contributed by atoms with Crippen LogP contribution in [0.2, 0.25) is 0 Å². The molecule has 12 heteroatoms. The van der Waals surface area contributed by atoms with Crippen LogP contribution in [0.4, 0.5) is 29.7 Å². The Kier molecular flexibility index (Phi) is 7.04. The Hall–Kier alpha value is -3.80. The van der Waals surface area contributed by atoms with Gasteiger partial charge in [-0.3, -0.25) is 0 Å². The molecule has 2 aromatic carbocycles. The van der Waals surface area contributed by atoms with Crippen LogP contribution in [-0.2, 0) is 11.2 Å². The summed E-state index contributed by atoms with van der Waals surface area (Å²) in [5.74, 6) is -2.64. The van der Waals surface area contributed by atoms with Crippen LogP contribution in [0.5, 0.6) is 5.75 Å². The number of fused-ring (bicyclic) bond motifs is 1. The van der Waals surface area contributed by atoms with E-state index in [1.165, 1.54) is 12.1 Å². The first-order chi connectivity index (χ1) is 19.6. The number of hydrogen-bond acceptors (Lipinski definition) is 7. The van der Waals surface area contributed by atoms with Gasteiger partial charge in [0.15, 0.2) is 11.4 Å². The molecule has 41 heavy (non-hydrogen) atoms. The van der Waals surface area contributed by atoms with Crippen LogP contribution >= 0.6 is 0 Å². The third-order valence-electron chi connectivity index (χ3n) is 8.08. The molecule has 0 bridgehead atoms. The van der Waals surface area contributed by atoms with Gasteiger partial charge in [0.1, 0.15) is 11.6 Å². The Morgan fingerprint density at radius 3 is 2.41 bits per heavy atom. The number of urea groups is 1. The van der Waals surface area contributed by atoms with E-state index in [1.807, 2.05) is 18.7 Å². The molecular weight excluding hydrogens is 539 g/mol. The topological polar surface area (TPSA) is 93.0 Å². The van der Waals surface area contributed by atoms with Crippen molar-refractivity contribution < 1.29 is 32.0 Å². The molecule has 1 spiro atoms. The number of piperidine rings is 1. The van der Waals surface area contributed by atoms with Crippen molar-refractivity contribution in [3.63, 3.8) is 0 Å². The third-order valence-corrected chi connectivity index (χ3v) is 8.08. The summed E-state index contributed by atoms with van der Waals surface area (Å²) < 4.78 is 63.0. The van der Waals surface area contributed by atoms with E-state index in [0.29, 0.717) is 73.7 Å². The fraction of sp³-hybridized carbons (Fsp3) is 0.483. The lowest BCUT2D eigenvalue weighted by Crippen LogP contribution is -2.61. The highest BCUT2D eigenvalue weighted by atomic mass is 19.3. The van der Waals surface area contributed by atoms with Crippen LogP contribution in [0.1, 0.15) is 44.0 Å². The number of halogens is 3. The third kappa shape index (κ3) is 5.20. The second kappa shape index (κ2) is 10.6. The van der Waals surface area contributed by atoms with E-state index in [4.69, 9.17) is 14.0 Å². The zero-order valence-electron chi connectivity index (χ0n) is 23.0. The lowest BCUT2D eigenvalue weighted by Gasteiger charge is -2.48. The number of morpholine rings is 1. The number of alkyl halides is 2. The molecule has 6 rings (SSSR count). The summed E-state index contributed by atoms with van der Waals surface area (Å²) in [7, 11) is 0. The fourth-order valence-electron chi connectivity index (χ4n) is 5.56. The highest BCUT2D eigenvalue weighted by molar-refractivity contribution is 5.90. The van der Waals surface area contributed by atoms with Crippen molar-refractivity contribution in [2.24, 2.45) is 0 Å². The number of nitrogens with zero attached hydrogens (tertiary/aromatic N) is 4. The molecule has 1 aromatic heterocycles. The first kappa shape index (κ1) is 27.4. The molecule has 2 amide bonds. The summed E-state index contributed by atoms with van der Waals surface area (Å²) in [5, 5.41) is 6.57. The van der Waals surface area contributed by atoms with Gasteiger partial charge in [0, 0.05) is 56.9 Å². The van der Waals surface area contributed by atoms with Gasteiger partial charge in [-0.1, -0.05) is 31.1 Å². The van der Waals surface area contributed by atoms with Crippen LogP contribution in [-0.4, -0.2) is 72.0 Å². The minimum Gasteiger partial charge on any atom is -0.481 e. The molecule has 3 aliphatic rings. The summed E-state index contributed by atoms with van der Waals surface area (Å²) in [6.07, 6.45) is -0.280. The number of nitrogens with one attached hydrogen (secondary N) is 1. The SMILES string of the molecule is CC(C)c1noc(N2CCC3(CC2)Oc2ccc(-c4ccc(NC(=O)N5CCOCC5)c(F)c4)cc2CC3(F)F)n1. The Labute approximate surface area is 235 Å². The molecule has 1 N–H and O–H groups in total. The van der Waals surface area contributed by atoms with Crippen molar-refractivity contribution in [2.75, 3.05) is 49.6 Å². The monoisotopic (exact) mass is 571 g/mol. The molecule has 0 unspecified atom stereocenters. The molecule has 4 heterocycles. The Morgan fingerprint density at radius 1 is 1.02 bits per heavy atom. The Morgan fingerprint density at radius 2 is 1.73 bits per heavy atom. The minimum atomic E-state index is -3.11. The Balaban J connectivity index is 1.16. The van der Waals surface area contributed by atoms with Crippen molar-refractivity contribution in [3.8, 4) is 16.9 Å². The summed E-state index contributed by atoms with van der Waals surface area (Å²) in [6, 6.07) is 9.39. The summed E-state index contributed by atoms with van der Waals surface area (Å²) >= 11 is 0. The van der Waals surface area contributed by atoms with Crippen LogP contribution in [0.25, 0.3) is 11.1 Å². The lowest BCUT2D eigenvalue weighted by molar-refractivity contribution is -0.185. The van der Waals surface area contributed by atoms with Crippen LogP contribution in [0.3, 0.4) is 0 Å². The molecule has 2 saturated heterocycles. The predicted octanol–water partition coefficient (Wildman–Crippen LogP) is 5.47.